The topological polar surface area (TPSA) is 20.2 Å². The molecule has 0 fully saturated rings. The number of aliphatic hydroxyl groups is 1. The van der Waals surface area contributed by atoms with Crippen molar-refractivity contribution < 1.29 is 7.85 Å². The zero-order valence-corrected chi connectivity index (χ0v) is 5.15. The summed E-state index contributed by atoms with van der Waals surface area (Å²) in [6.45, 7) is 4.89. The minimum atomic E-state index is -1.47. The van der Waals surface area contributed by atoms with E-state index in [1.807, 2.05) is 0 Å². The summed E-state index contributed by atoms with van der Waals surface area (Å²) >= 11 is 0. The van der Waals surface area contributed by atoms with Crippen LogP contribution in [0, 0.1) is 5.41 Å². The Hall–Kier alpha value is -0.0400. The molecular formula is C6H14O. The van der Waals surface area contributed by atoms with E-state index in [-0.39, 0.29) is 0 Å². The van der Waals surface area contributed by atoms with Crippen LogP contribution in [0.15, 0.2) is 0 Å². The van der Waals surface area contributed by atoms with Crippen molar-refractivity contribution in [2.45, 2.75) is 27.1 Å². The molecule has 0 bridgehead atoms. The summed E-state index contributed by atoms with van der Waals surface area (Å²) in [5, 5.41) is 8.55. The van der Waals surface area contributed by atoms with Crippen LogP contribution in [0.25, 0.3) is 0 Å². The molecule has 0 heterocycles. The number of hydrogen-bond acceptors (Lipinski definition) is 1. The van der Waals surface area contributed by atoms with Gasteiger partial charge in [-0.1, -0.05) is 20.8 Å². The highest BCUT2D eigenvalue weighted by Gasteiger charge is 2.06. The van der Waals surface area contributed by atoms with E-state index in [0.29, 0.717) is 0 Å². The summed E-state index contributed by atoms with van der Waals surface area (Å²) in [6, 6.07) is 0. The SMILES string of the molecule is [2H]C([2H])(CO)C(C)(C)C. The van der Waals surface area contributed by atoms with Crippen LogP contribution in [0.2, 0.25) is 0 Å². The lowest BCUT2D eigenvalue weighted by Gasteiger charge is -2.14. The molecule has 0 unspecified atom stereocenters. The second kappa shape index (κ2) is 2.31. The Morgan fingerprint density at radius 3 is 2.00 bits per heavy atom. The van der Waals surface area contributed by atoms with Crippen LogP contribution >= 0.6 is 0 Å². The molecule has 1 N–H and O–H groups in total. The zero-order chi connectivity index (χ0) is 7.71. The molecule has 0 atom stereocenters. The normalized spacial score (nSPS) is 18.3. The molecule has 0 aliphatic rings. The van der Waals surface area contributed by atoms with E-state index < -0.39 is 18.4 Å². The van der Waals surface area contributed by atoms with Gasteiger partial charge in [-0.05, 0) is 11.8 Å². The number of rotatable bonds is 1. The standard InChI is InChI=1S/C6H14O/c1-6(2,3)4-5-7/h7H,4-5H2,1-3H3/i4D2. The maximum atomic E-state index is 8.55. The lowest BCUT2D eigenvalue weighted by atomic mass is 9.93. The first-order chi connectivity index (χ1) is 3.81. The lowest BCUT2D eigenvalue weighted by Crippen LogP contribution is -2.06. The van der Waals surface area contributed by atoms with Gasteiger partial charge in [0.1, 0.15) is 0 Å². The maximum Gasteiger partial charge on any atom is 0.0436 e. The van der Waals surface area contributed by atoms with Gasteiger partial charge in [-0.25, -0.2) is 0 Å². The fourth-order valence-electron chi connectivity index (χ4n) is 0.237. The van der Waals surface area contributed by atoms with Gasteiger partial charge < -0.3 is 5.11 Å². The predicted octanol–water partition coefficient (Wildman–Crippen LogP) is 1.41. The molecular weight excluding hydrogens is 88.1 g/mol. The van der Waals surface area contributed by atoms with Gasteiger partial charge in [-0.3, -0.25) is 0 Å². The van der Waals surface area contributed by atoms with E-state index in [0.717, 1.165) is 0 Å². The Bertz CT molecular complexity index is 93.7. The first kappa shape index (κ1) is 3.90. The summed E-state index contributed by atoms with van der Waals surface area (Å²) in [5.41, 5.74) is -0.470. The van der Waals surface area contributed by atoms with Crippen molar-refractivity contribution >= 4 is 0 Å². The van der Waals surface area contributed by atoms with Crippen LogP contribution in [0.3, 0.4) is 0 Å². The average Bonchev–Trinajstić information content (AvgIpc) is 1.64. The quantitative estimate of drug-likeness (QED) is 0.533. The number of hydrogen-bond donors (Lipinski definition) is 1. The molecule has 0 amide bonds. The Kier molecular flexibility index (Phi) is 1.29. The molecule has 44 valence electrons. The fourth-order valence-corrected chi connectivity index (χ4v) is 0.237. The van der Waals surface area contributed by atoms with E-state index in [9.17, 15) is 0 Å². The van der Waals surface area contributed by atoms with Crippen LogP contribution < -0.4 is 0 Å². The monoisotopic (exact) mass is 104 g/mol. The van der Waals surface area contributed by atoms with Crippen molar-refractivity contribution in [1.82, 2.24) is 0 Å². The van der Waals surface area contributed by atoms with Crippen molar-refractivity contribution in [2.75, 3.05) is 6.61 Å². The molecule has 0 aliphatic heterocycles. The highest BCUT2D eigenvalue weighted by atomic mass is 16.3. The molecule has 0 spiro atoms. The second-order valence-electron chi connectivity index (χ2n) is 2.58. The third-order valence-corrected chi connectivity index (χ3v) is 0.609. The first-order valence-electron chi connectivity index (χ1n) is 3.42. The van der Waals surface area contributed by atoms with Gasteiger partial charge >= 0.3 is 0 Å². The average molecular weight is 104 g/mol. The van der Waals surface area contributed by atoms with E-state index in [2.05, 4.69) is 0 Å². The van der Waals surface area contributed by atoms with E-state index in [4.69, 9.17) is 7.85 Å². The van der Waals surface area contributed by atoms with Crippen LogP contribution in [-0.4, -0.2) is 11.7 Å². The van der Waals surface area contributed by atoms with Gasteiger partial charge in [0.25, 0.3) is 0 Å². The van der Waals surface area contributed by atoms with Crippen LogP contribution in [0.1, 0.15) is 29.9 Å². The second-order valence-corrected chi connectivity index (χ2v) is 2.58. The Morgan fingerprint density at radius 2 is 2.00 bits per heavy atom. The minimum absolute atomic E-state index is 0.406. The van der Waals surface area contributed by atoms with Crippen molar-refractivity contribution in [3.63, 3.8) is 0 Å². The molecule has 1 heteroatoms. The summed E-state index contributed by atoms with van der Waals surface area (Å²) in [4.78, 5) is 0. The van der Waals surface area contributed by atoms with Crippen molar-refractivity contribution in [1.29, 1.82) is 0 Å². The number of aliphatic hydroxyl groups excluding tert-OH is 1. The van der Waals surface area contributed by atoms with Crippen molar-refractivity contribution in [2.24, 2.45) is 5.41 Å². The molecule has 0 saturated heterocycles. The molecule has 0 aromatic rings. The van der Waals surface area contributed by atoms with Crippen LogP contribution in [0.4, 0.5) is 0 Å². The Labute approximate surface area is 48.2 Å². The Balaban J connectivity index is 4.14. The molecule has 0 rings (SSSR count). The molecule has 0 radical (unpaired) electrons. The van der Waals surface area contributed by atoms with Gasteiger partial charge in [0.15, 0.2) is 0 Å². The summed E-state index contributed by atoms with van der Waals surface area (Å²) in [7, 11) is 0. The van der Waals surface area contributed by atoms with Crippen molar-refractivity contribution in [3.05, 3.63) is 0 Å². The molecule has 7 heavy (non-hydrogen) atoms. The molecule has 0 aromatic heterocycles. The summed E-state index contributed by atoms with van der Waals surface area (Å²) in [5.74, 6) is 0. The molecule has 0 aliphatic carbocycles. The van der Waals surface area contributed by atoms with Gasteiger partial charge in [0.05, 0.1) is 0 Å². The lowest BCUT2D eigenvalue weighted by molar-refractivity contribution is 0.225. The van der Waals surface area contributed by atoms with Gasteiger partial charge in [0, 0.05) is 9.35 Å². The van der Waals surface area contributed by atoms with Crippen molar-refractivity contribution in [3.8, 4) is 0 Å². The largest absolute Gasteiger partial charge is 0.396 e. The molecule has 0 saturated carbocycles. The summed E-state index contributed by atoms with van der Waals surface area (Å²) < 4.78 is 14.5. The Morgan fingerprint density at radius 1 is 1.57 bits per heavy atom. The smallest absolute Gasteiger partial charge is 0.0436 e. The summed E-state index contributed by atoms with van der Waals surface area (Å²) in [6.07, 6.45) is -1.47. The highest BCUT2D eigenvalue weighted by Crippen LogP contribution is 2.16. The van der Waals surface area contributed by atoms with E-state index >= 15 is 0 Å². The maximum absolute atomic E-state index is 8.55. The highest BCUT2D eigenvalue weighted by molar-refractivity contribution is 4.58. The minimum Gasteiger partial charge on any atom is -0.396 e. The molecule has 0 aromatic carbocycles. The third kappa shape index (κ3) is 5.96. The van der Waals surface area contributed by atoms with Crippen LogP contribution in [-0.2, 0) is 0 Å². The zero-order valence-electron chi connectivity index (χ0n) is 7.15. The van der Waals surface area contributed by atoms with Gasteiger partial charge in [0.2, 0.25) is 0 Å². The third-order valence-electron chi connectivity index (χ3n) is 0.609. The van der Waals surface area contributed by atoms with E-state index in [1.165, 1.54) is 0 Å². The van der Waals surface area contributed by atoms with Gasteiger partial charge in [-0.15, -0.1) is 0 Å². The first-order valence-corrected chi connectivity index (χ1v) is 2.42. The van der Waals surface area contributed by atoms with E-state index in [1.54, 1.807) is 20.8 Å². The predicted molar refractivity (Wildman–Crippen MR) is 31.2 cm³/mol. The van der Waals surface area contributed by atoms with Crippen LogP contribution in [0.5, 0.6) is 0 Å². The van der Waals surface area contributed by atoms with Gasteiger partial charge in [-0.2, -0.15) is 0 Å². The molecule has 1 nitrogen and oxygen atoms in total. The fraction of sp³-hybridized carbons (Fsp3) is 1.00.